The van der Waals surface area contributed by atoms with E-state index in [0.717, 1.165) is 19.3 Å². The Morgan fingerprint density at radius 2 is 2.09 bits per heavy atom. The molecule has 0 bridgehead atoms. The van der Waals surface area contributed by atoms with E-state index < -0.39 is 6.17 Å². The van der Waals surface area contributed by atoms with E-state index in [-0.39, 0.29) is 22.7 Å². The molecule has 0 aromatic heterocycles. The fourth-order valence-electron chi connectivity index (χ4n) is 6.11. The van der Waals surface area contributed by atoms with E-state index in [1.54, 1.807) is 6.08 Å². The highest BCUT2D eigenvalue weighted by Crippen LogP contribution is 2.63. The number of carbonyl (C=O) groups is 1. The Bertz CT molecular complexity index is 582. The number of hydrogen-bond donors (Lipinski definition) is 1. The number of rotatable bonds is 0. The lowest BCUT2D eigenvalue weighted by Gasteiger charge is -2.55. The second-order valence-electron chi connectivity index (χ2n) is 8.42. The smallest absolute Gasteiger partial charge is 0.159 e. The summed E-state index contributed by atoms with van der Waals surface area (Å²) in [5, 5.41) is 0. The summed E-state index contributed by atoms with van der Waals surface area (Å²) in [4.78, 5) is 11.7. The van der Waals surface area contributed by atoms with Gasteiger partial charge >= 0.3 is 0 Å². The van der Waals surface area contributed by atoms with Crippen LogP contribution in [0.4, 0.5) is 4.39 Å². The molecular formula is C19H26FNO. The molecule has 0 spiro atoms. The lowest BCUT2D eigenvalue weighted by atomic mass is 9.49. The number of hydrogen-bond acceptors (Lipinski definition) is 2. The van der Waals surface area contributed by atoms with E-state index in [4.69, 9.17) is 5.73 Å². The predicted octanol–water partition coefficient (Wildman–Crippen LogP) is 3.57. The molecule has 0 aliphatic heterocycles. The highest BCUT2D eigenvalue weighted by atomic mass is 19.1. The maximum atomic E-state index is 14.3. The molecule has 4 rings (SSSR count). The molecule has 0 aromatic rings. The van der Waals surface area contributed by atoms with Crippen LogP contribution < -0.4 is 5.73 Å². The summed E-state index contributed by atoms with van der Waals surface area (Å²) in [6.45, 7) is 4.49. The van der Waals surface area contributed by atoms with E-state index in [9.17, 15) is 9.18 Å². The SMILES string of the molecule is C[C@]12CC[C@H]3[C@@H](CC=C4CC(=O)C=C[C@@]43C)[C@@H]1C[C@@H](F)[C@@H]2N. The lowest BCUT2D eigenvalue weighted by molar-refractivity contribution is -0.115. The average molecular weight is 303 g/mol. The number of carbonyl (C=O) groups excluding carboxylic acids is 1. The van der Waals surface area contributed by atoms with Crippen LogP contribution in [0.25, 0.3) is 0 Å². The monoisotopic (exact) mass is 303 g/mol. The van der Waals surface area contributed by atoms with Crippen LogP contribution in [-0.4, -0.2) is 18.0 Å². The quantitative estimate of drug-likeness (QED) is 0.695. The summed E-state index contributed by atoms with van der Waals surface area (Å²) < 4.78 is 14.3. The summed E-state index contributed by atoms with van der Waals surface area (Å²) in [6, 6.07) is -0.305. The number of ketones is 1. The molecule has 0 unspecified atom stereocenters. The molecule has 0 saturated heterocycles. The average Bonchev–Trinajstić information content (AvgIpc) is 2.72. The van der Waals surface area contributed by atoms with Crippen molar-refractivity contribution in [2.24, 2.45) is 34.3 Å². The first-order valence-corrected chi connectivity index (χ1v) is 8.67. The molecule has 0 amide bonds. The van der Waals surface area contributed by atoms with E-state index in [2.05, 4.69) is 26.0 Å². The highest BCUT2D eigenvalue weighted by molar-refractivity contribution is 5.93. The summed E-state index contributed by atoms with van der Waals surface area (Å²) in [6.07, 6.45) is 9.65. The zero-order valence-corrected chi connectivity index (χ0v) is 13.5. The van der Waals surface area contributed by atoms with Crippen LogP contribution in [0.5, 0.6) is 0 Å². The fraction of sp³-hybridized carbons (Fsp3) is 0.737. The number of fused-ring (bicyclic) bond motifs is 5. The second-order valence-corrected chi connectivity index (χ2v) is 8.42. The molecule has 4 aliphatic carbocycles. The van der Waals surface area contributed by atoms with Gasteiger partial charge in [0.25, 0.3) is 0 Å². The standard InChI is InChI=1S/C19H26FNO/c1-18-7-5-12(22)9-11(18)3-4-13-14(18)6-8-19(2)15(13)10-16(20)17(19)21/h3,5,7,13-17H,4,6,8-10,21H2,1-2H3/t13-,14+,15+,16-,17+,18+,19+/m1/s1. The maximum absolute atomic E-state index is 14.3. The van der Waals surface area contributed by atoms with Crippen LogP contribution in [0.3, 0.4) is 0 Å². The van der Waals surface area contributed by atoms with Crippen molar-refractivity contribution in [2.75, 3.05) is 0 Å². The minimum absolute atomic E-state index is 0.00332. The van der Waals surface area contributed by atoms with Gasteiger partial charge in [0.15, 0.2) is 5.78 Å². The molecular weight excluding hydrogens is 277 g/mol. The molecule has 2 fully saturated rings. The van der Waals surface area contributed by atoms with Gasteiger partial charge in [0.2, 0.25) is 0 Å². The number of nitrogens with two attached hydrogens (primary N) is 1. The van der Waals surface area contributed by atoms with Crippen molar-refractivity contribution in [3.05, 3.63) is 23.8 Å². The zero-order chi connectivity index (χ0) is 15.7. The second kappa shape index (κ2) is 4.53. The minimum Gasteiger partial charge on any atom is -0.325 e. The van der Waals surface area contributed by atoms with Crippen molar-refractivity contribution >= 4 is 5.78 Å². The third kappa shape index (κ3) is 1.72. The zero-order valence-electron chi connectivity index (χ0n) is 13.5. The van der Waals surface area contributed by atoms with E-state index in [1.165, 1.54) is 5.57 Å². The first-order chi connectivity index (χ1) is 10.4. The van der Waals surface area contributed by atoms with E-state index in [0.29, 0.717) is 30.6 Å². The normalized spacial score (nSPS) is 53.5. The van der Waals surface area contributed by atoms with Crippen molar-refractivity contribution in [2.45, 2.75) is 58.2 Å². The van der Waals surface area contributed by atoms with Gasteiger partial charge in [0.05, 0.1) is 0 Å². The van der Waals surface area contributed by atoms with E-state index >= 15 is 0 Å². The van der Waals surface area contributed by atoms with Gasteiger partial charge in [0, 0.05) is 17.9 Å². The van der Waals surface area contributed by atoms with Gasteiger partial charge in [-0.25, -0.2) is 4.39 Å². The summed E-state index contributed by atoms with van der Waals surface area (Å²) in [5.41, 5.74) is 7.47. The van der Waals surface area contributed by atoms with E-state index in [1.807, 2.05) is 0 Å². The Kier molecular flexibility index (Phi) is 3.01. The molecule has 2 N–H and O–H groups in total. The van der Waals surface area contributed by atoms with Crippen molar-refractivity contribution < 1.29 is 9.18 Å². The minimum atomic E-state index is -0.851. The molecule has 22 heavy (non-hydrogen) atoms. The largest absolute Gasteiger partial charge is 0.325 e. The molecule has 3 heteroatoms. The number of alkyl halides is 1. The van der Waals surface area contributed by atoms with Crippen molar-refractivity contribution in [3.63, 3.8) is 0 Å². The van der Waals surface area contributed by atoms with Crippen molar-refractivity contribution in [1.82, 2.24) is 0 Å². The third-order valence-electron chi connectivity index (χ3n) is 7.58. The predicted molar refractivity (Wildman–Crippen MR) is 84.9 cm³/mol. The third-order valence-corrected chi connectivity index (χ3v) is 7.58. The van der Waals surface area contributed by atoms with Crippen LogP contribution in [0.15, 0.2) is 23.8 Å². The van der Waals surface area contributed by atoms with Gasteiger partial charge < -0.3 is 5.73 Å². The van der Waals surface area contributed by atoms with Gasteiger partial charge in [-0.3, -0.25) is 4.79 Å². The van der Waals surface area contributed by atoms with Gasteiger partial charge in [-0.1, -0.05) is 31.6 Å². The molecule has 7 atom stereocenters. The number of halogens is 1. The molecule has 0 radical (unpaired) electrons. The molecule has 2 nitrogen and oxygen atoms in total. The summed E-state index contributed by atoms with van der Waals surface area (Å²) >= 11 is 0. The first kappa shape index (κ1) is 14.6. The Morgan fingerprint density at radius 3 is 2.86 bits per heavy atom. The van der Waals surface area contributed by atoms with Gasteiger partial charge in [-0.2, -0.15) is 0 Å². The van der Waals surface area contributed by atoms with Crippen LogP contribution >= 0.6 is 0 Å². The molecule has 0 heterocycles. The first-order valence-electron chi connectivity index (χ1n) is 8.67. The van der Waals surface area contributed by atoms with Crippen molar-refractivity contribution in [3.8, 4) is 0 Å². The van der Waals surface area contributed by atoms with Gasteiger partial charge in [-0.15, -0.1) is 0 Å². The Labute approximate surface area is 132 Å². The molecule has 0 aromatic carbocycles. The molecule has 120 valence electrons. The Balaban J connectivity index is 1.72. The maximum Gasteiger partial charge on any atom is 0.159 e. The Morgan fingerprint density at radius 1 is 1.32 bits per heavy atom. The van der Waals surface area contributed by atoms with Crippen LogP contribution in [0.2, 0.25) is 0 Å². The lowest BCUT2D eigenvalue weighted by Crippen LogP contribution is -2.52. The summed E-state index contributed by atoms with van der Waals surface area (Å²) in [7, 11) is 0. The number of allylic oxidation sites excluding steroid dienone is 4. The van der Waals surface area contributed by atoms with Crippen LogP contribution in [0.1, 0.15) is 46.0 Å². The van der Waals surface area contributed by atoms with Crippen molar-refractivity contribution in [1.29, 1.82) is 0 Å². The molecule has 4 aliphatic rings. The fourth-order valence-corrected chi connectivity index (χ4v) is 6.11. The van der Waals surface area contributed by atoms with Crippen LogP contribution in [-0.2, 0) is 4.79 Å². The topological polar surface area (TPSA) is 43.1 Å². The van der Waals surface area contributed by atoms with Crippen LogP contribution in [0, 0.1) is 28.6 Å². The van der Waals surface area contributed by atoms with Gasteiger partial charge in [-0.05, 0) is 54.9 Å². The Hall–Kier alpha value is -0.960. The molecule has 2 saturated carbocycles. The van der Waals surface area contributed by atoms with Gasteiger partial charge in [0.1, 0.15) is 6.17 Å². The highest BCUT2D eigenvalue weighted by Gasteiger charge is 2.60. The summed E-state index contributed by atoms with van der Waals surface area (Å²) in [5.74, 6) is 1.65.